The van der Waals surface area contributed by atoms with E-state index >= 15 is 0 Å². The van der Waals surface area contributed by atoms with Crippen molar-refractivity contribution < 1.29 is 23.2 Å². The van der Waals surface area contributed by atoms with Gasteiger partial charge in [-0.2, -0.15) is 4.98 Å². The molecule has 0 atom stereocenters. The third kappa shape index (κ3) is 7.35. The first-order valence-electron chi connectivity index (χ1n) is 12.3. The van der Waals surface area contributed by atoms with E-state index in [1.165, 1.54) is 6.07 Å². The number of likely N-dealkylation sites (N-methyl/N-ethyl adjacent to an activating group) is 1. The normalized spacial score (nSPS) is 14.2. The van der Waals surface area contributed by atoms with Gasteiger partial charge in [0.1, 0.15) is 18.2 Å². The van der Waals surface area contributed by atoms with E-state index in [4.69, 9.17) is 14.0 Å². The van der Waals surface area contributed by atoms with Crippen LogP contribution >= 0.6 is 0 Å². The van der Waals surface area contributed by atoms with Gasteiger partial charge in [-0.25, -0.2) is 4.39 Å². The van der Waals surface area contributed by atoms with Crippen LogP contribution < -0.4 is 10.1 Å². The summed E-state index contributed by atoms with van der Waals surface area (Å²) in [6.07, 6.45) is 2.67. The maximum absolute atomic E-state index is 13.5. The van der Waals surface area contributed by atoms with Crippen molar-refractivity contribution in [2.24, 2.45) is 0 Å². The van der Waals surface area contributed by atoms with Crippen LogP contribution in [0.4, 0.5) is 4.39 Å². The first-order chi connectivity index (χ1) is 17.5. The van der Waals surface area contributed by atoms with E-state index in [1.807, 2.05) is 24.3 Å². The summed E-state index contributed by atoms with van der Waals surface area (Å²) in [5.41, 5.74) is 2.14. The number of aryl methyl sites for hydroxylation is 2. The van der Waals surface area contributed by atoms with Gasteiger partial charge < -0.3 is 19.3 Å². The molecule has 2 aromatic carbocycles. The van der Waals surface area contributed by atoms with Crippen molar-refractivity contribution in [3.63, 3.8) is 0 Å². The van der Waals surface area contributed by atoms with Gasteiger partial charge >= 0.3 is 0 Å². The number of hydrogen-bond donors (Lipinski definition) is 1. The highest BCUT2D eigenvalue weighted by molar-refractivity contribution is 5.76. The Bertz CT molecular complexity index is 1150. The Morgan fingerprint density at radius 1 is 1.22 bits per heavy atom. The van der Waals surface area contributed by atoms with Crippen molar-refractivity contribution in [1.29, 1.82) is 0 Å². The Morgan fingerprint density at radius 2 is 2.06 bits per heavy atom. The maximum Gasteiger partial charge on any atom is 0.227 e. The zero-order valence-corrected chi connectivity index (χ0v) is 20.8. The van der Waals surface area contributed by atoms with Crippen molar-refractivity contribution in [3.8, 4) is 17.1 Å². The maximum atomic E-state index is 13.5. The molecule has 1 saturated heterocycles. The van der Waals surface area contributed by atoms with Crippen LogP contribution in [-0.2, 0) is 22.5 Å². The van der Waals surface area contributed by atoms with E-state index < -0.39 is 0 Å². The molecule has 1 aliphatic heterocycles. The van der Waals surface area contributed by atoms with Gasteiger partial charge in [0, 0.05) is 50.8 Å². The largest absolute Gasteiger partial charge is 0.492 e. The topological polar surface area (TPSA) is 89.7 Å². The lowest BCUT2D eigenvalue weighted by Crippen LogP contribution is -2.38. The lowest BCUT2D eigenvalue weighted by atomic mass is 10.1. The summed E-state index contributed by atoms with van der Waals surface area (Å²) < 4.78 is 30.1. The summed E-state index contributed by atoms with van der Waals surface area (Å²) in [6, 6.07) is 13.0. The molecule has 1 aromatic heterocycles. The minimum Gasteiger partial charge on any atom is -0.492 e. The molecule has 9 heteroatoms. The van der Waals surface area contributed by atoms with Crippen LogP contribution in [0, 0.1) is 12.7 Å². The standard InChI is InChI=1S/C27H33FN4O4/c1-19-16-21(6-7-24(19)28)27-30-26(36-31-27)9-8-25(33)29-18-20-4-3-5-23(17-20)35-15-12-32(2)22-10-13-34-14-11-22/h3-7,16-17,22H,8-15,18H2,1-2H3,(H,29,33). The number of rotatable bonds is 11. The summed E-state index contributed by atoms with van der Waals surface area (Å²) in [7, 11) is 2.13. The summed E-state index contributed by atoms with van der Waals surface area (Å²) in [6.45, 7) is 5.20. The average Bonchev–Trinajstić information content (AvgIpc) is 3.38. The molecule has 0 radical (unpaired) electrons. The van der Waals surface area contributed by atoms with Crippen LogP contribution in [0.5, 0.6) is 5.75 Å². The molecular formula is C27H33FN4O4. The molecule has 192 valence electrons. The highest BCUT2D eigenvalue weighted by Gasteiger charge is 2.18. The van der Waals surface area contributed by atoms with Gasteiger partial charge in [0.05, 0.1) is 0 Å². The number of nitrogens with one attached hydrogen (secondary N) is 1. The SMILES string of the molecule is Cc1cc(-c2noc(CCC(=O)NCc3cccc(OCCN(C)C4CCOCC4)c3)n2)ccc1F. The molecule has 1 N–H and O–H groups in total. The first kappa shape index (κ1) is 25.8. The molecular weight excluding hydrogens is 463 g/mol. The predicted molar refractivity (Wildman–Crippen MR) is 133 cm³/mol. The summed E-state index contributed by atoms with van der Waals surface area (Å²) >= 11 is 0. The van der Waals surface area contributed by atoms with Crippen molar-refractivity contribution in [2.75, 3.05) is 33.4 Å². The Hall–Kier alpha value is -3.30. The second-order valence-corrected chi connectivity index (χ2v) is 9.07. The second kappa shape index (κ2) is 12.6. The number of halogens is 1. The van der Waals surface area contributed by atoms with Crippen LogP contribution in [-0.4, -0.2) is 60.4 Å². The number of carbonyl (C=O) groups excluding carboxylic acids is 1. The van der Waals surface area contributed by atoms with Gasteiger partial charge in [-0.3, -0.25) is 9.69 Å². The Morgan fingerprint density at radius 3 is 2.86 bits per heavy atom. The predicted octanol–water partition coefficient (Wildman–Crippen LogP) is 3.92. The fraction of sp³-hybridized carbons (Fsp3) is 0.444. The molecule has 1 amide bonds. The van der Waals surface area contributed by atoms with Crippen LogP contribution in [0.3, 0.4) is 0 Å². The smallest absolute Gasteiger partial charge is 0.227 e. The van der Waals surface area contributed by atoms with Crippen LogP contribution in [0.2, 0.25) is 0 Å². The summed E-state index contributed by atoms with van der Waals surface area (Å²) in [4.78, 5) is 19.0. The molecule has 8 nitrogen and oxygen atoms in total. The highest BCUT2D eigenvalue weighted by Crippen LogP contribution is 2.20. The van der Waals surface area contributed by atoms with Crippen molar-refractivity contribution in [1.82, 2.24) is 20.4 Å². The van der Waals surface area contributed by atoms with Gasteiger partial charge in [-0.15, -0.1) is 0 Å². The molecule has 0 unspecified atom stereocenters. The van der Waals surface area contributed by atoms with E-state index in [-0.39, 0.29) is 18.1 Å². The van der Waals surface area contributed by atoms with Crippen LogP contribution in [0.1, 0.15) is 36.3 Å². The molecule has 0 bridgehead atoms. The molecule has 0 spiro atoms. The molecule has 1 aliphatic rings. The lowest BCUT2D eigenvalue weighted by Gasteiger charge is -2.31. The molecule has 0 saturated carbocycles. The number of amides is 1. The van der Waals surface area contributed by atoms with E-state index in [2.05, 4.69) is 27.4 Å². The Labute approximate surface area is 210 Å². The number of carbonyl (C=O) groups is 1. The number of aromatic nitrogens is 2. The second-order valence-electron chi connectivity index (χ2n) is 9.07. The van der Waals surface area contributed by atoms with Gasteiger partial charge in [0.25, 0.3) is 0 Å². The van der Waals surface area contributed by atoms with Gasteiger partial charge in [0.2, 0.25) is 17.6 Å². The number of benzene rings is 2. The van der Waals surface area contributed by atoms with Gasteiger partial charge in [-0.1, -0.05) is 17.3 Å². The monoisotopic (exact) mass is 496 g/mol. The fourth-order valence-electron chi connectivity index (χ4n) is 4.13. The molecule has 1 fully saturated rings. The number of hydrogen-bond acceptors (Lipinski definition) is 7. The molecule has 4 rings (SSSR count). The van der Waals surface area contributed by atoms with Crippen molar-refractivity contribution in [2.45, 2.75) is 45.2 Å². The average molecular weight is 497 g/mol. The molecule has 36 heavy (non-hydrogen) atoms. The number of nitrogens with zero attached hydrogens (tertiary/aromatic N) is 3. The van der Waals surface area contributed by atoms with Crippen LogP contribution in [0.25, 0.3) is 11.4 Å². The zero-order valence-electron chi connectivity index (χ0n) is 20.8. The Kier molecular flexibility index (Phi) is 9.02. The van der Waals surface area contributed by atoms with E-state index in [0.29, 0.717) is 48.5 Å². The quantitative estimate of drug-likeness (QED) is 0.430. The minimum absolute atomic E-state index is 0.114. The van der Waals surface area contributed by atoms with E-state index in [9.17, 15) is 9.18 Å². The molecule has 3 aromatic rings. The zero-order chi connectivity index (χ0) is 25.3. The van der Waals surface area contributed by atoms with Gasteiger partial charge in [0.15, 0.2) is 0 Å². The third-order valence-corrected chi connectivity index (χ3v) is 6.37. The highest BCUT2D eigenvalue weighted by atomic mass is 19.1. The van der Waals surface area contributed by atoms with Crippen molar-refractivity contribution in [3.05, 3.63) is 65.3 Å². The van der Waals surface area contributed by atoms with Gasteiger partial charge in [-0.05, 0) is 68.3 Å². The lowest BCUT2D eigenvalue weighted by molar-refractivity contribution is -0.121. The Balaban J connectivity index is 1.18. The van der Waals surface area contributed by atoms with E-state index in [0.717, 1.165) is 43.9 Å². The molecule has 2 heterocycles. The van der Waals surface area contributed by atoms with Crippen LogP contribution in [0.15, 0.2) is 47.0 Å². The van der Waals surface area contributed by atoms with Crippen molar-refractivity contribution >= 4 is 5.91 Å². The summed E-state index contributed by atoms with van der Waals surface area (Å²) in [5, 5.41) is 6.86. The first-order valence-corrected chi connectivity index (χ1v) is 12.3. The molecule has 0 aliphatic carbocycles. The summed E-state index contributed by atoms with van der Waals surface area (Å²) in [5.74, 6) is 1.13. The number of ether oxygens (including phenoxy) is 2. The third-order valence-electron chi connectivity index (χ3n) is 6.37. The van der Waals surface area contributed by atoms with E-state index in [1.54, 1.807) is 19.1 Å². The minimum atomic E-state index is -0.283. The fourth-order valence-corrected chi connectivity index (χ4v) is 4.13.